The molecule has 1 aromatic rings. The molecule has 1 saturated carbocycles. The van der Waals surface area contributed by atoms with Crippen LogP contribution < -0.4 is 5.32 Å². The van der Waals surface area contributed by atoms with Gasteiger partial charge in [-0.2, -0.15) is 11.8 Å². The number of hydrogen-bond donors (Lipinski definition) is 2. The lowest BCUT2D eigenvalue weighted by atomic mass is 9.87. The van der Waals surface area contributed by atoms with Crippen LogP contribution in [-0.2, 0) is 5.54 Å². The SMILES string of the molecule is CCCSCCC(CO)(NC1CC1)c1ccccc1. The topological polar surface area (TPSA) is 32.3 Å². The Labute approximate surface area is 121 Å². The second-order valence-corrected chi connectivity index (χ2v) is 6.61. The number of aliphatic hydroxyl groups excluding tert-OH is 1. The largest absolute Gasteiger partial charge is 0.394 e. The first-order valence-electron chi connectivity index (χ1n) is 7.32. The lowest BCUT2D eigenvalue weighted by Crippen LogP contribution is -2.47. The first kappa shape index (κ1) is 14.9. The van der Waals surface area contributed by atoms with Gasteiger partial charge in [-0.05, 0) is 42.8 Å². The van der Waals surface area contributed by atoms with E-state index < -0.39 is 0 Å². The van der Waals surface area contributed by atoms with E-state index in [2.05, 4.69) is 36.5 Å². The zero-order chi connectivity index (χ0) is 13.6. The molecule has 19 heavy (non-hydrogen) atoms. The van der Waals surface area contributed by atoms with Gasteiger partial charge in [0, 0.05) is 6.04 Å². The van der Waals surface area contributed by atoms with Gasteiger partial charge in [-0.25, -0.2) is 0 Å². The van der Waals surface area contributed by atoms with Crippen LogP contribution in [0.4, 0.5) is 0 Å². The smallest absolute Gasteiger partial charge is 0.0679 e. The van der Waals surface area contributed by atoms with Crippen molar-refractivity contribution in [2.24, 2.45) is 0 Å². The van der Waals surface area contributed by atoms with Gasteiger partial charge in [0.2, 0.25) is 0 Å². The Morgan fingerprint density at radius 3 is 2.58 bits per heavy atom. The summed E-state index contributed by atoms with van der Waals surface area (Å²) in [5.41, 5.74) is 0.977. The maximum atomic E-state index is 9.99. The molecule has 106 valence electrons. The Bertz CT molecular complexity index is 366. The van der Waals surface area contributed by atoms with Gasteiger partial charge in [0.25, 0.3) is 0 Å². The van der Waals surface area contributed by atoms with E-state index in [4.69, 9.17) is 0 Å². The quantitative estimate of drug-likeness (QED) is 0.681. The second-order valence-electron chi connectivity index (χ2n) is 5.39. The standard InChI is InChI=1S/C16H25NOS/c1-2-11-19-12-10-16(13-18,17-15-8-9-15)14-6-4-3-5-7-14/h3-7,15,17-18H,2,8-13H2,1H3. The highest BCUT2D eigenvalue weighted by Gasteiger charge is 2.36. The number of rotatable bonds is 9. The minimum Gasteiger partial charge on any atom is -0.394 e. The minimum atomic E-state index is -0.247. The maximum Gasteiger partial charge on any atom is 0.0679 e. The maximum absolute atomic E-state index is 9.99. The van der Waals surface area contributed by atoms with Gasteiger partial charge in [0.1, 0.15) is 0 Å². The van der Waals surface area contributed by atoms with Gasteiger partial charge in [-0.3, -0.25) is 0 Å². The fraction of sp³-hybridized carbons (Fsp3) is 0.625. The molecule has 1 aliphatic rings. The van der Waals surface area contributed by atoms with Crippen molar-refractivity contribution in [2.45, 2.75) is 44.2 Å². The third kappa shape index (κ3) is 4.23. The van der Waals surface area contributed by atoms with Gasteiger partial charge in [0.05, 0.1) is 12.1 Å². The highest BCUT2D eigenvalue weighted by molar-refractivity contribution is 7.99. The number of benzene rings is 1. The Morgan fingerprint density at radius 1 is 1.26 bits per heavy atom. The summed E-state index contributed by atoms with van der Waals surface area (Å²) in [5, 5.41) is 13.7. The van der Waals surface area contributed by atoms with E-state index in [-0.39, 0.29) is 12.1 Å². The molecule has 0 heterocycles. The van der Waals surface area contributed by atoms with Crippen molar-refractivity contribution >= 4 is 11.8 Å². The molecule has 0 spiro atoms. The van der Waals surface area contributed by atoms with Crippen LogP contribution >= 0.6 is 11.8 Å². The summed E-state index contributed by atoms with van der Waals surface area (Å²) in [7, 11) is 0. The van der Waals surface area contributed by atoms with E-state index in [1.807, 2.05) is 17.8 Å². The average Bonchev–Trinajstić information content (AvgIpc) is 3.27. The summed E-state index contributed by atoms with van der Waals surface area (Å²) >= 11 is 1.99. The first-order valence-corrected chi connectivity index (χ1v) is 8.48. The van der Waals surface area contributed by atoms with Crippen LogP contribution in [0.25, 0.3) is 0 Å². The number of hydrogen-bond acceptors (Lipinski definition) is 3. The zero-order valence-electron chi connectivity index (χ0n) is 11.8. The monoisotopic (exact) mass is 279 g/mol. The summed E-state index contributed by atoms with van der Waals surface area (Å²) in [4.78, 5) is 0. The molecule has 0 bridgehead atoms. The molecule has 2 nitrogen and oxygen atoms in total. The third-order valence-electron chi connectivity index (χ3n) is 3.68. The second kappa shape index (κ2) is 7.32. The van der Waals surface area contributed by atoms with Crippen LogP contribution in [0.1, 0.15) is 38.2 Å². The van der Waals surface area contributed by atoms with Crippen LogP contribution in [0.5, 0.6) is 0 Å². The number of thioether (sulfide) groups is 1. The first-order chi connectivity index (χ1) is 9.30. The Morgan fingerprint density at radius 2 is 2.00 bits per heavy atom. The molecule has 2 N–H and O–H groups in total. The summed E-state index contributed by atoms with van der Waals surface area (Å²) in [6.45, 7) is 2.39. The molecule has 1 aromatic carbocycles. The number of nitrogens with one attached hydrogen (secondary N) is 1. The van der Waals surface area contributed by atoms with Crippen molar-refractivity contribution in [2.75, 3.05) is 18.1 Å². The molecule has 2 rings (SSSR count). The summed E-state index contributed by atoms with van der Waals surface area (Å²) in [6, 6.07) is 11.0. The zero-order valence-corrected chi connectivity index (χ0v) is 12.6. The van der Waals surface area contributed by atoms with E-state index in [0.717, 1.165) is 12.2 Å². The summed E-state index contributed by atoms with van der Waals surface area (Å²) in [6.07, 6.45) is 4.71. The van der Waals surface area contributed by atoms with E-state index in [0.29, 0.717) is 6.04 Å². The molecule has 0 saturated heterocycles. The molecule has 3 heteroatoms. The molecular weight excluding hydrogens is 254 g/mol. The normalized spacial score (nSPS) is 18.2. The molecule has 0 aromatic heterocycles. The van der Waals surface area contributed by atoms with Crippen LogP contribution in [0.15, 0.2) is 30.3 Å². The van der Waals surface area contributed by atoms with E-state index in [1.165, 1.54) is 30.6 Å². The highest BCUT2D eigenvalue weighted by Crippen LogP contribution is 2.32. The van der Waals surface area contributed by atoms with Crippen LogP contribution in [0.2, 0.25) is 0 Å². The van der Waals surface area contributed by atoms with Crippen molar-refractivity contribution < 1.29 is 5.11 Å². The van der Waals surface area contributed by atoms with Gasteiger partial charge in [-0.15, -0.1) is 0 Å². The lowest BCUT2D eigenvalue weighted by molar-refractivity contribution is 0.154. The van der Waals surface area contributed by atoms with Gasteiger partial charge in [0.15, 0.2) is 0 Å². The van der Waals surface area contributed by atoms with Gasteiger partial charge < -0.3 is 10.4 Å². The molecule has 1 atom stereocenters. The average molecular weight is 279 g/mol. The summed E-state index contributed by atoms with van der Waals surface area (Å²) < 4.78 is 0. The lowest BCUT2D eigenvalue weighted by Gasteiger charge is -2.34. The molecule has 1 fully saturated rings. The van der Waals surface area contributed by atoms with Crippen molar-refractivity contribution in [3.05, 3.63) is 35.9 Å². The van der Waals surface area contributed by atoms with Gasteiger partial charge >= 0.3 is 0 Å². The summed E-state index contributed by atoms with van der Waals surface area (Å²) in [5.74, 6) is 2.31. The molecule has 1 unspecified atom stereocenters. The van der Waals surface area contributed by atoms with E-state index >= 15 is 0 Å². The van der Waals surface area contributed by atoms with Crippen LogP contribution in [-0.4, -0.2) is 29.3 Å². The third-order valence-corrected chi connectivity index (χ3v) is 4.87. The van der Waals surface area contributed by atoms with Gasteiger partial charge in [-0.1, -0.05) is 37.3 Å². The Hall–Kier alpha value is -0.510. The highest BCUT2D eigenvalue weighted by atomic mass is 32.2. The van der Waals surface area contributed by atoms with Crippen molar-refractivity contribution in [3.8, 4) is 0 Å². The predicted octanol–water partition coefficient (Wildman–Crippen LogP) is 3.16. The van der Waals surface area contributed by atoms with Crippen molar-refractivity contribution in [1.29, 1.82) is 0 Å². The molecule has 0 amide bonds. The molecule has 0 radical (unpaired) electrons. The minimum absolute atomic E-state index is 0.181. The van der Waals surface area contributed by atoms with Crippen LogP contribution in [0, 0.1) is 0 Å². The van der Waals surface area contributed by atoms with E-state index in [1.54, 1.807) is 0 Å². The Balaban J connectivity index is 2.06. The fourth-order valence-corrected chi connectivity index (χ4v) is 3.37. The Kier molecular flexibility index (Phi) is 5.74. The van der Waals surface area contributed by atoms with Crippen molar-refractivity contribution in [1.82, 2.24) is 5.32 Å². The molecular formula is C16H25NOS. The number of aliphatic hydroxyl groups is 1. The molecule has 0 aliphatic heterocycles. The molecule has 1 aliphatic carbocycles. The van der Waals surface area contributed by atoms with Crippen molar-refractivity contribution in [3.63, 3.8) is 0 Å². The fourth-order valence-electron chi connectivity index (χ4n) is 2.38. The van der Waals surface area contributed by atoms with Crippen LogP contribution in [0.3, 0.4) is 0 Å². The predicted molar refractivity (Wildman–Crippen MR) is 83.6 cm³/mol. The van der Waals surface area contributed by atoms with E-state index in [9.17, 15) is 5.11 Å².